The number of hydrogen-bond donors (Lipinski definition) is 1. The van der Waals surface area contributed by atoms with Crippen LogP contribution in [0.1, 0.15) is 22.5 Å². The molecule has 56 heavy (non-hydrogen) atoms. The van der Waals surface area contributed by atoms with Gasteiger partial charge in [0.25, 0.3) is 0 Å². The van der Waals surface area contributed by atoms with E-state index in [1.807, 2.05) is 0 Å². The molecule has 2 aromatic heterocycles. The van der Waals surface area contributed by atoms with E-state index in [2.05, 4.69) is 73.9 Å². The van der Waals surface area contributed by atoms with Crippen LogP contribution in [-0.4, -0.2) is 41.6 Å². The number of nitriles is 2. The molecule has 0 saturated carbocycles. The van der Waals surface area contributed by atoms with Gasteiger partial charge in [0, 0.05) is 0 Å². The van der Waals surface area contributed by atoms with Crippen LogP contribution >= 0.6 is 86.9 Å². The van der Waals surface area contributed by atoms with Crippen molar-refractivity contribution in [2.24, 2.45) is 0 Å². The van der Waals surface area contributed by atoms with Crippen molar-refractivity contribution in [1.82, 2.24) is 19.6 Å². The van der Waals surface area contributed by atoms with E-state index in [0.29, 0.717) is 16.8 Å². The minimum atomic E-state index is -5.31. The van der Waals surface area contributed by atoms with Gasteiger partial charge in [-0.2, -0.15) is 73.4 Å². The molecule has 0 spiro atoms. The molecule has 2 atom stereocenters. The molecule has 306 valence electrons. The molecule has 0 bridgehead atoms. The van der Waals surface area contributed by atoms with Crippen molar-refractivity contribution < 1.29 is 69.9 Å². The van der Waals surface area contributed by atoms with Crippen LogP contribution in [0.15, 0.2) is 38.7 Å². The van der Waals surface area contributed by atoms with Crippen LogP contribution < -0.4 is 5.73 Å². The topological polar surface area (TPSA) is 143 Å². The third-order valence-electron chi connectivity index (χ3n) is 5.78. The molecule has 9 nitrogen and oxygen atoms in total. The van der Waals surface area contributed by atoms with Crippen LogP contribution in [0.3, 0.4) is 0 Å². The summed E-state index contributed by atoms with van der Waals surface area (Å²) in [5, 5.41) is 22.6. The van der Waals surface area contributed by atoms with Gasteiger partial charge in [-0.1, -0.05) is 71.0 Å². The Hall–Kier alpha value is -2.54. The Labute approximate surface area is 350 Å². The molecule has 0 amide bonds. The molecule has 0 aliphatic carbocycles. The summed E-state index contributed by atoms with van der Waals surface area (Å²) in [5.41, 5.74) is -11.9. The molecule has 0 fully saturated rings. The highest BCUT2D eigenvalue weighted by molar-refractivity contribution is 9.38. The number of hydrogen-bond acceptors (Lipinski definition) is 7. The Morgan fingerprint density at radius 3 is 1.32 bits per heavy atom. The number of nitrogen functional groups attached to an aromatic ring is 1. The zero-order chi connectivity index (χ0) is 43.6. The molecule has 0 saturated heterocycles. The molecule has 2 unspecified atom stereocenters. The maximum atomic E-state index is 14.1. The van der Waals surface area contributed by atoms with Crippen LogP contribution in [0.2, 0.25) is 10.0 Å². The number of halogens is 20. The first-order valence-corrected chi connectivity index (χ1v) is 19.4. The number of rotatable bonds is 4. The standard InChI is InChI=1S/C12H2BrClF7N3OS.C12H4ClF7N4OS.CHBr3/c13-10-9(26(25)12(19,20)21)7(3-22)23-24(10)8-5(14)1-4(2-6(8)15)11(16,17)18;13-5-1-4(11(15,16)17)2-6(14)8(5)24-10(22)9(7(3-21)23-24)26(25)12(18,19)20;2-1(3)4/h1-2H;1-2H,22H2;1H. The highest BCUT2D eigenvalue weighted by Crippen LogP contribution is 2.40. The Kier molecular flexibility index (Phi) is 16.5. The largest absolute Gasteiger partial charge is 0.476 e. The molecule has 0 aliphatic rings. The van der Waals surface area contributed by atoms with E-state index in [4.69, 9.17) is 39.5 Å². The van der Waals surface area contributed by atoms with E-state index in [1.54, 1.807) is 0 Å². The Bertz CT molecular complexity index is 2060. The quantitative estimate of drug-likeness (QED) is 0.158. The lowest BCUT2D eigenvalue weighted by Crippen LogP contribution is -2.18. The van der Waals surface area contributed by atoms with E-state index < -0.39 is 121 Å². The summed E-state index contributed by atoms with van der Waals surface area (Å²) in [7, 11) is -7.49. The molecule has 4 aromatic rings. The van der Waals surface area contributed by atoms with E-state index in [0.717, 1.165) is 0 Å². The summed E-state index contributed by atoms with van der Waals surface area (Å²) in [5.74, 6) is -4.24. The predicted octanol–water partition coefficient (Wildman–Crippen LogP) is 11.2. The average Bonchev–Trinajstić information content (AvgIpc) is 3.53. The first-order chi connectivity index (χ1) is 25.3. The molecule has 0 aliphatic heterocycles. The van der Waals surface area contributed by atoms with Gasteiger partial charge in [-0.05, 0) is 40.2 Å². The lowest BCUT2D eigenvalue weighted by atomic mass is 10.2. The number of aromatic nitrogens is 4. The third kappa shape index (κ3) is 11.8. The van der Waals surface area contributed by atoms with Crippen molar-refractivity contribution >= 4 is 114 Å². The molecular weight excluding hydrogens is 1150 g/mol. The number of nitrogens with zero attached hydrogens (tertiary/aromatic N) is 6. The van der Waals surface area contributed by atoms with E-state index in [1.165, 1.54) is 12.1 Å². The van der Waals surface area contributed by atoms with Gasteiger partial charge in [-0.25, -0.2) is 26.6 Å². The zero-order valence-electron chi connectivity index (χ0n) is 25.3. The molecular formula is C25H7Br4Cl2F14N7O2S2. The van der Waals surface area contributed by atoms with Gasteiger partial charge in [-0.15, -0.1) is 0 Å². The van der Waals surface area contributed by atoms with Crippen molar-refractivity contribution in [3.05, 3.63) is 73.1 Å². The second kappa shape index (κ2) is 18.6. The lowest BCUT2D eigenvalue weighted by molar-refractivity contribution is -0.138. The smallest absolute Gasteiger partial charge is 0.383 e. The second-order valence-corrected chi connectivity index (χ2v) is 20.1. The first-order valence-electron chi connectivity index (χ1n) is 12.8. The van der Waals surface area contributed by atoms with E-state index in [-0.39, 0.29) is 19.5 Å². The number of benzene rings is 2. The van der Waals surface area contributed by atoms with Crippen molar-refractivity contribution in [2.45, 2.75) is 35.8 Å². The SMILES string of the molecule is BrC(Br)Br.N#Cc1nn(-c2c(F)cc(C(F)(F)F)cc2Cl)c(Br)c1S(=O)C(F)(F)F.N#Cc1nn(-c2c(F)cc(C(F)(F)F)cc2Cl)c(N)c1S(=O)C(F)(F)F. The highest BCUT2D eigenvalue weighted by Gasteiger charge is 2.44. The Morgan fingerprint density at radius 1 is 0.679 bits per heavy atom. The van der Waals surface area contributed by atoms with Gasteiger partial charge in [0.15, 0.2) is 44.6 Å². The van der Waals surface area contributed by atoms with Crippen molar-refractivity contribution in [2.75, 3.05) is 5.73 Å². The third-order valence-corrected chi connectivity index (χ3v) is 9.72. The molecule has 2 N–H and O–H groups in total. The number of alkyl halides is 15. The minimum absolute atomic E-state index is 0.0226. The van der Waals surface area contributed by atoms with Crippen LogP contribution in [0.4, 0.5) is 67.3 Å². The number of nitrogens with two attached hydrogens (primary N) is 1. The maximum Gasteiger partial charge on any atom is 0.476 e. The number of anilines is 1. The van der Waals surface area contributed by atoms with Crippen LogP contribution in [0, 0.1) is 34.3 Å². The van der Waals surface area contributed by atoms with Crippen molar-refractivity contribution in [3.8, 4) is 23.5 Å². The molecule has 2 heterocycles. The van der Waals surface area contributed by atoms with Gasteiger partial charge in [0.05, 0.1) is 21.2 Å². The van der Waals surface area contributed by atoms with Gasteiger partial charge < -0.3 is 5.73 Å². The van der Waals surface area contributed by atoms with Crippen LogP contribution in [0.25, 0.3) is 11.4 Å². The fourth-order valence-corrected chi connectivity index (χ4v) is 6.67. The highest BCUT2D eigenvalue weighted by atomic mass is 80.0. The van der Waals surface area contributed by atoms with Crippen molar-refractivity contribution in [3.63, 3.8) is 0 Å². The molecule has 2 aromatic carbocycles. The average molecular weight is 1160 g/mol. The summed E-state index contributed by atoms with van der Waals surface area (Å²) < 4.78 is 203. The molecule has 31 heteroatoms. The van der Waals surface area contributed by atoms with Crippen LogP contribution in [-0.2, 0) is 34.0 Å². The summed E-state index contributed by atoms with van der Waals surface area (Å²) in [6.07, 6.45) is -9.87. The van der Waals surface area contributed by atoms with E-state index >= 15 is 0 Å². The summed E-state index contributed by atoms with van der Waals surface area (Å²) in [6.45, 7) is 0. The molecule has 0 radical (unpaired) electrons. The summed E-state index contributed by atoms with van der Waals surface area (Å²) >= 11 is 23.1. The Balaban J connectivity index is 0.000000353. The minimum Gasteiger partial charge on any atom is -0.383 e. The molecule has 4 rings (SSSR count). The van der Waals surface area contributed by atoms with Gasteiger partial charge in [0.2, 0.25) is 0 Å². The van der Waals surface area contributed by atoms with Gasteiger partial charge in [-0.3, -0.25) is 0 Å². The van der Waals surface area contributed by atoms with Gasteiger partial charge >= 0.3 is 23.4 Å². The zero-order valence-corrected chi connectivity index (χ0v) is 34.8. The maximum absolute atomic E-state index is 14.1. The summed E-state index contributed by atoms with van der Waals surface area (Å²) in [4.78, 5) is -2.37. The van der Waals surface area contributed by atoms with Crippen molar-refractivity contribution in [1.29, 1.82) is 10.5 Å². The monoisotopic (exact) mass is 1150 g/mol. The second-order valence-electron chi connectivity index (χ2n) is 9.33. The van der Waals surface area contributed by atoms with E-state index in [9.17, 15) is 69.9 Å². The van der Waals surface area contributed by atoms with Gasteiger partial charge in [0.1, 0.15) is 46.4 Å². The van der Waals surface area contributed by atoms with Crippen LogP contribution in [0.5, 0.6) is 0 Å². The Morgan fingerprint density at radius 2 is 1.00 bits per heavy atom. The fraction of sp³-hybridized carbons (Fsp3) is 0.200. The summed E-state index contributed by atoms with van der Waals surface area (Å²) in [6, 6.07) is 3.17. The lowest BCUT2D eigenvalue weighted by Gasteiger charge is -2.12. The first kappa shape index (κ1) is 49.6. The normalized spacial score (nSPS) is 13.2. The predicted molar refractivity (Wildman–Crippen MR) is 184 cm³/mol. The fourth-order valence-electron chi connectivity index (χ4n) is 3.71.